The Kier molecular flexibility index (Phi) is 5.79. The van der Waals surface area contributed by atoms with E-state index in [0.29, 0.717) is 11.3 Å². The molecule has 1 aromatic heterocycles. The number of aromatic nitrogens is 1. The topological polar surface area (TPSA) is 123 Å². The minimum absolute atomic E-state index is 0.00112. The minimum atomic E-state index is -1.07. The minimum Gasteiger partial charge on any atom is -0.497 e. The fraction of sp³-hybridized carbons (Fsp3) is 0.0556. The van der Waals surface area contributed by atoms with Crippen LogP contribution >= 0.6 is 11.3 Å². The lowest BCUT2D eigenvalue weighted by molar-refractivity contribution is -0.387. The molecule has 0 radical (unpaired) electrons. The Bertz CT molecular complexity index is 1080. The molecular weight excluding hydrogens is 403 g/mol. The number of amides is 2. The van der Waals surface area contributed by atoms with E-state index in [1.54, 1.807) is 24.3 Å². The van der Waals surface area contributed by atoms with E-state index in [1.807, 2.05) is 0 Å². The van der Waals surface area contributed by atoms with Gasteiger partial charge in [-0.2, -0.15) is 4.39 Å². The Balaban J connectivity index is 1.65. The number of thiazole rings is 1. The maximum atomic E-state index is 13.6. The van der Waals surface area contributed by atoms with Crippen LogP contribution in [0.5, 0.6) is 5.75 Å². The highest BCUT2D eigenvalue weighted by atomic mass is 32.1. The second kappa shape index (κ2) is 8.44. The molecule has 3 rings (SSSR count). The number of methoxy groups -OCH3 is 1. The molecule has 2 aromatic carbocycles. The molecule has 0 saturated heterocycles. The highest BCUT2D eigenvalue weighted by Gasteiger charge is 2.17. The third-order valence-electron chi connectivity index (χ3n) is 3.71. The summed E-state index contributed by atoms with van der Waals surface area (Å²) in [4.78, 5) is 38.3. The molecule has 2 N–H and O–H groups in total. The number of rotatable bonds is 6. The summed E-state index contributed by atoms with van der Waals surface area (Å²) in [6, 6.07) is 9.44. The van der Waals surface area contributed by atoms with Gasteiger partial charge in [0, 0.05) is 28.8 Å². The van der Waals surface area contributed by atoms with Crippen LogP contribution in [0, 0.1) is 15.9 Å². The lowest BCUT2D eigenvalue weighted by Gasteiger charge is -2.04. The van der Waals surface area contributed by atoms with Crippen molar-refractivity contribution in [2.45, 2.75) is 0 Å². The van der Waals surface area contributed by atoms with E-state index in [4.69, 9.17) is 4.74 Å². The summed E-state index contributed by atoms with van der Waals surface area (Å²) >= 11 is 1.04. The number of nitro groups is 1. The zero-order valence-corrected chi connectivity index (χ0v) is 15.7. The van der Waals surface area contributed by atoms with E-state index in [9.17, 15) is 24.1 Å². The van der Waals surface area contributed by atoms with Gasteiger partial charge in [-0.15, -0.1) is 11.3 Å². The van der Waals surface area contributed by atoms with Crippen molar-refractivity contribution in [2.75, 3.05) is 17.7 Å². The van der Waals surface area contributed by atoms with Crippen LogP contribution < -0.4 is 15.4 Å². The maximum Gasteiger partial charge on any atom is 0.304 e. The maximum absolute atomic E-state index is 13.6. The van der Waals surface area contributed by atoms with Crippen molar-refractivity contribution < 1.29 is 23.6 Å². The summed E-state index contributed by atoms with van der Waals surface area (Å²) in [7, 11) is 1.52. The third-order valence-corrected chi connectivity index (χ3v) is 4.47. The van der Waals surface area contributed by atoms with Gasteiger partial charge in [-0.1, -0.05) is 0 Å². The quantitative estimate of drug-likeness (QED) is 0.466. The van der Waals surface area contributed by atoms with E-state index in [2.05, 4.69) is 15.6 Å². The number of halogens is 1. The van der Waals surface area contributed by atoms with Gasteiger partial charge in [0.15, 0.2) is 5.13 Å². The monoisotopic (exact) mass is 416 g/mol. The number of carbonyl (C=O) groups excluding carboxylic acids is 2. The normalized spacial score (nSPS) is 10.3. The van der Waals surface area contributed by atoms with Crippen LogP contribution in [0.3, 0.4) is 0 Å². The molecule has 0 fully saturated rings. The number of nitro benzene ring substituents is 1. The van der Waals surface area contributed by atoms with Crippen molar-refractivity contribution in [1.29, 1.82) is 0 Å². The van der Waals surface area contributed by atoms with Crippen LogP contribution in [0.25, 0.3) is 0 Å². The molecule has 29 heavy (non-hydrogen) atoms. The van der Waals surface area contributed by atoms with Gasteiger partial charge >= 0.3 is 5.69 Å². The molecule has 3 aromatic rings. The first-order chi connectivity index (χ1) is 13.9. The van der Waals surface area contributed by atoms with Gasteiger partial charge in [-0.3, -0.25) is 25.0 Å². The first-order valence-corrected chi connectivity index (χ1v) is 8.91. The first-order valence-electron chi connectivity index (χ1n) is 8.03. The molecule has 0 aliphatic carbocycles. The number of anilines is 2. The lowest BCUT2D eigenvalue weighted by atomic mass is 10.2. The summed E-state index contributed by atoms with van der Waals surface area (Å²) < 4.78 is 18.7. The van der Waals surface area contributed by atoms with E-state index in [0.717, 1.165) is 23.5 Å². The number of benzene rings is 2. The zero-order valence-electron chi connectivity index (χ0n) is 14.8. The SMILES string of the molecule is COc1ccc(C(=O)Nc2nc(C(=O)Nc3ccc([N+](=O)[O-])c(F)c3)cs2)cc1. The van der Waals surface area contributed by atoms with Gasteiger partial charge in [0.25, 0.3) is 11.8 Å². The van der Waals surface area contributed by atoms with Crippen molar-refractivity contribution in [1.82, 2.24) is 4.98 Å². The number of nitrogens with zero attached hydrogens (tertiary/aromatic N) is 2. The molecule has 0 unspecified atom stereocenters. The first kappa shape index (κ1) is 19.9. The Morgan fingerprint density at radius 1 is 1.14 bits per heavy atom. The Morgan fingerprint density at radius 3 is 2.48 bits per heavy atom. The van der Waals surface area contributed by atoms with E-state index in [-0.39, 0.29) is 16.5 Å². The molecule has 9 nitrogen and oxygen atoms in total. The number of ether oxygens (including phenoxy) is 1. The van der Waals surface area contributed by atoms with Gasteiger partial charge in [-0.05, 0) is 30.3 Å². The Morgan fingerprint density at radius 2 is 1.86 bits per heavy atom. The zero-order chi connectivity index (χ0) is 21.0. The number of hydrogen-bond acceptors (Lipinski definition) is 7. The average Bonchev–Trinajstić information content (AvgIpc) is 3.16. The third kappa shape index (κ3) is 4.71. The van der Waals surface area contributed by atoms with Crippen molar-refractivity contribution in [3.05, 3.63) is 75.0 Å². The smallest absolute Gasteiger partial charge is 0.304 e. The Hall–Kier alpha value is -3.86. The second-order valence-corrected chi connectivity index (χ2v) is 6.46. The van der Waals surface area contributed by atoms with Crippen molar-refractivity contribution in [3.8, 4) is 5.75 Å². The average molecular weight is 416 g/mol. The van der Waals surface area contributed by atoms with E-state index >= 15 is 0 Å². The van der Waals surface area contributed by atoms with Crippen molar-refractivity contribution in [3.63, 3.8) is 0 Å². The van der Waals surface area contributed by atoms with Crippen LogP contribution in [0.4, 0.5) is 20.9 Å². The van der Waals surface area contributed by atoms with Gasteiger partial charge in [0.1, 0.15) is 11.4 Å². The highest BCUT2D eigenvalue weighted by Crippen LogP contribution is 2.22. The highest BCUT2D eigenvalue weighted by molar-refractivity contribution is 7.14. The summed E-state index contributed by atoms with van der Waals surface area (Å²) in [5, 5.41) is 17.2. The summed E-state index contributed by atoms with van der Waals surface area (Å²) in [6.07, 6.45) is 0. The fourth-order valence-electron chi connectivity index (χ4n) is 2.27. The standard InChI is InChI=1S/C18H13FN4O5S/c1-28-12-5-2-10(3-6-12)16(24)22-18-21-14(9-29-18)17(25)20-11-4-7-15(23(26)27)13(19)8-11/h2-9H,1H3,(H,20,25)(H,21,22,24). The molecule has 11 heteroatoms. The lowest BCUT2D eigenvalue weighted by Crippen LogP contribution is -2.14. The van der Waals surface area contributed by atoms with Crippen LogP contribution in [-0.4, -0.2) is 28.8 Å². The molecule has 2 amide bonds. The van der Waals surface area contributed by atoms with E-state index in [1.165, 1.54) is 18.6 Å². The fourth-order valence-corrected chi connectivity index (χ4v) is 2.96. The van der Waals surface area contributed by atoms with Gasteiger partial charge < -0.3 is 10.1 Å². The predicted molar refractivity (Wildman–Crippen MR) is 104 cm³/mol. The molecule has 0 saturated carbocycles. The van der Waals surface area contributed by atoms with Crippen LogP contribution in [0.2, 0.25) is 0 Å². The molecular formula is C18H13FN4O5S. The van der Waals surface area contributed by atoms with Crippen molar-refractivity contribution >= 4 is 39.7 Å². The molecule has 0 bridgehead atoms. The summed E-state index contributed by atoms with van der Waals surface area (Å²) in [5.74, 6) is -1.53. The number of hydrogen-bond donors (Lipinski definition) is 2. The van der Waals surface area contributed by atoms with Crippen LogP contribution in [0.15, 0.2) is 47.8 Å². The molecule has 0 spiro atoms. The second-order valence-electron chi connectivity index (χ2n) is 5.60. The van der Waals surface area contributed by atoms with Gasteiger partial charge in [-0.25, -0.2) is 4.98 Å². The largest absolute Gasteiger partial charge is 0.497 e. The predicted octanol–water partition coefficient (Wildman–Crippen LogP) is 3.70. The molecule has 0 aliphatic heterocycles. The van der Waals surface area contributed by atoms with Crippen molar-refractivity contribution in [2.24, 2.45) is 0 Å². The molecule has 148 valence electrons. The number of carbonyl (C=O) groups is 2. The van der Waals surface area contributed by atoms with Crippen LogP contribution in [-0.2, 0) is 0 Å². The molecule has 0 atom stereocenters. The number of nitrogens with one attached hydrogen (secondary N) is 2. The van der Waals surface area contributed by atoms with Gasteiger partial charge in [0.05, 0.1) is 12.0 Å². The summed E-state index contributed by atoms with van der Waals surface area (Å²) in [5.41, 5.74) is -0.276. The van der Waals surface area contributed by atoms with E-state index < -0.39 is 28.2 Å². The van der Waals surface area contributed by atoms with Crippen LogP contribution in [0.1, 0.15) is 20.8 Å². The van der Waals surface area contributed by atoms with Gasteiger partial charge in [0.2, 0.25) is 5.82 Å². The molecule has 1 heterocycles. The Labute approximate surface area is 167 Å². The summed E-state index contributed by atoms with van der Waals surface area (Å²) in [6.45, 7) is 0. The molecule has 0 aliphatic rings.